The van der Waals surface area contributed by atoms with Crippen molar-refractivity contribution >= 4 is 44.9 Å². The number of urea groups is 1. The smallest absolute Gasteiger partial charge is 0.387 e. The van der Waals surface area contributed by atoms with Crippen molar-refractivity contribution in [2.45, 2.75) is 13.2 Å². The molecule has 2 aromatic carbocycles. The summed E-state index contributed by atoms with van der Waals surface area (Å²) >= 11 is 7.33. The molecule has 0 saturated carbocycles. The molecule has 0 unspecified atom stereocenters. The topological polar surface area (TPSA) is 63.2 Å². The van der Waals surface area contributed by atoms with Gasteiger partial charge in [0.15, 0.2) is 0 Å². The minimum atomic E-state index is -2.96. The third kappa shape index (κ3) is 4.55. The number of anilines is 1. The second kappa shape index (κ2) is 7.62. The third-order valence-corrected chi connectivity index (χ3v) is 4.48. The van der Waals surface area contributed by atoms with E-state index in [1.807, 2.05) is 24.3 Å². The molecule has 3 rings (SSSR count). The lowest BCUT2D eigenvalue weighted by atomic mass is 10.3. The Morgan fingerprint density at radius 2 is 2.08 bits per heavy atom. The summed E-state index contributed by atoms with van der Waals surface area (Å²) in [7, 11) is 0. The van der Waals surface area contributed by atoms with Crippen molar-refractivity contribution in [3.8, 4) is 5.75 Å². The highest BCUT2D eigenvalue weighted by Gasteiger charge is 2.11. The van der Waals surface area contributed by atoms with E-state index in [-0.39, 0.29) is 17.3 Å². The second-order valence-corrected chi connectivity index (χ2v) is 6.43. The van der Waals surface area contributed by atoms with Crippen LogP contribution in [0.25, 0.3) is 10.2 Å². The molecule has 0 aliphatic heterocycles. The molecule has 25 heavy (non-hydrogen) atoms. The Kier molecular flexibility index (Phi) is 5.30. The van der Waals surface area contributed by atoms with Crippen LogP contribution in [0.3, 0.4) is 0 Å². The molecule has 0 saturated heterocycles. The van der Waals surface area contributed by atoms with Crippen LogP contribution in [-0.4, -0.2) is 17.6 Å². The van der Waals surface area contributed by atoms with Crippen LogP contribution in [0.1, 0.15) is 5.01 Å². The lowest BCUT2D eigenvalue weighted by Gasteiger charge is -2.10. The normalized spacial score (nSPS) is 10.9. The van der Waals surface area contributed by atoms with Gasteiger partial charge in [-0.15, -0.1) is 11.3 Å². The number of carbonyl (C=O) groups excluding carboxylic acids is 1. The van der Waals surface area contributed by atoms with Crippen molar-refractivity contribution in [3.63, 3.8) is 0 Å². The molecule has 2 N–H and O–H groups in total. The average molecular weight is 384 g/mol. The van der Waals surface area contributed by atoms with Crippen LogP contribution in [0, 0.1) is 0 Å². The van der Waals surface area contributed by atoms with Crippen LogP contribution in [0.2, 0.25) is 5.02 Å². The molecule has 0 spiro atoms. The van der Waals surface area contributed by atoms with Crippen molar-refractivity contribution < 1.29 is 18.3 Å². The van der Waals surface area contributed by atoms with Gasteiger partial charge in [0.2, 0.25) is 0 Å². The predicted molar refractivity (Wildman–Crippen MR) is 93.6 cm³/mol. The van der Waals surface area contributed by atoms with E-state index in [1.54, 1.807) is 0 Å². The van der Waals surface area contributed by atoms with Gasteiger partial charge in [0.05, 0.1) is 21.8 Å². The standard InChI is InChI=1S/C16H12ClF2N3O2S/c17-10-7-9(5-6-12(10)24-15(18)19)21-16(23)20-8-14-22-11-3-1-2-4-13(11)25-14/h1-7,15H,8H2,(H2,20,21,23). The van der Waals surface area contributed by atoms with Crippen LogP contribution < -0.4 is 15.4 Å². The molecule has 0 fully saturated rings. The van der Waals surface area contributed by atoms with E-state index in [9.17, 15) is 13.6 Å². The number of nitrogens with zero attached hydrogens (tertiary/aromatic N) is 1. The quantitative estimate of drug-likeness (QED) is 0.660. The van der Waals surface area contributed by atoms with E-state index < -0.39 is 12.6 Å². The fourth-order valence-corrected chi connectivity index (χ4v) is 3.23. The molecule has 2 amide bonds. The fraction of sp³-hybridized carbons (Fsp3) is 0.125. The fourth-order valence-electron chi connectivity index (χ4n) is 2.10. The van der Waals surface area contributed by atoms with Crippen LogP contribution >= 0.6 is 22.9 Å². The summed E-state index contributed by atoms with van der Waals surface area (Å²) in [4.78, 5) is 16.3. The summed E-state index contributed by atoms with van der Waals surface area (Å²) in [5.74, 6) is -0.155. The summed E-state index contributed by atoms with van der Waals surface area (Å²) in [5.41, 5.74) is 1.24. The summed E-state index contributed by atoms with van der Waals surface area (Å²) in [6.45, 7) is -2.70. The van der Waals surface area contributed by atoms with Gasteiger partial charge in [0, 0.05) is 5.69 Å². The maximum atomic E-state index is 12.2. The number of hydrogen-bond donors (Lipinski definition) is 2. The maximum absolute atomic E-state index is 12.2. The van der Waals surface area contributed by atoms with E-state index in [2.05, 4.69) is 20.4 Å². The number of alkyl halides is 2. The van der Waals surface area contributed by atoms with Crippen molar-refractivity contribution in [2.75, 3.05) is 5.32 Å². The zero-order valence-corrected chi connectivity index (χ0v) is 14.2. The Hall–Kier alpha value is -2.45. The molecule has 5 nitrogen and oxygen atoms in total. The molecular formula is C16H12ClF2N3O2S. The number of halogens is 3. The van der Waals surface area contributed by atoms with E-state index in [4.69, 9.17) is 11.6 Å². The Labute approximate surface area is 150 Å². The maximum Gasteiger partial charge on any atom is 0.387 e. The number of fused-ring (bicyclic) bond motifs is 1. The minimum Gasteiger partial charge on any atom is -0.433 e. The predicted octanol–water partition coefficient (Wildman–Crippen LogP) is 4.87. The molecule has 1 heterocycles. The number of carbonyl (C=O) groups is 1. The van der Waals surface area contributed by atoms with Gasteiger partial charge in [-0.05, 0) is 30.3 Å². The van der Waals surface area contributed by atoms with E-state index in [0.29, 0.717) is 5.69 Å². The first-order chi connectivity index (χ1) is 12.0. The first-order valence-corrected chi connectivity index (χ1v) is 8.34. The van der Waals surface area contributed by atoms with Crippen molar-refractivity contribution in [2.24, 2.45) is 0 Å². The first kappa shape index (κ1) is 17.4. The molecule has 0 radical (unpaired) electrons. The molecule has 0 aliphatic rings. The molecule has 0 aliphatic carbocycles. The highest BCUT2D eigenvalue weighted by Crippen LogP contribution is 2.29. The number of benzene rings is 2. The van der Waals surface area contributed by atoms with Gasteiger partial charge in [-0.25, -0.2) is 9.78 Å². The van der Waals surface area contributed by atoms with E-state index in [0.717, 1.165) is 15.2 Å². The minimum absolute atomic E-state index is 0.0238. The molecule has 0 bridgehead atoms. The number of hydrogen-bond acceptors (Lipinski definition) is 4. The largest absolute Gasteiger partial charge is 0.433 e. The Morgan fingerprint density at radius 3 is 2.80 bits per heavy atom. The van der Waals surface area contributed by atoms with Crippen molar-refractivity contribution in [1.82, 2.24) is 10.3 Å². The van der Waals surface area contributed by atoms with Gasteiger partial charge >= 0.3 is 12.6 Å². The van der Waals surface area contributed by atoms with Gasteiger partial charge in [-0.2, -0.15) is 8.78 Å². The second-order valence-electron chi connectivity index (χ2n) is 4.91. The number of amides is 2. The summed E-state index contributed by atoms with van der Waals surface area (Å²) in [5, 5.41) is 5.99. The molecule has 3 aromatic rings. The highest BCUT2D eigenvalue weighted by atomic mass is 35.5. The number of para-hydroxylation sites is 1. The number of ether oxygens (including phenoxy) is 1. The molecule has 9 heteroatoms. The Morgan fingerprint density at radius 1 is 1.28 bits per heavy atom. The number of thiazole rings is 1. The van der Waals surface area contributed by atoms with Gasteiger partial charge in [-0.3, -0.25) is 0 Å². The van der Waals surface area contributed by atoms with E-state index in [1.165, 1.54) is 29.5 Å². The summed E-state index contributed by atoms with van der Waals surface area (Å²) in [6.07, 6.45) is 0. The average Bonchev–Trinajstić information content (AvgIpc) is 2.98. The Balaban J connectivity index is 1.57. The number of aromatic nitrogens is 1. The van der Waals surface area contributed by atoms with Crippen molar-refractivity contribution in [3.05, 3.63) is 52.5 Å². The van der Waals surface area contributed by atoms with Crippen LogP contribution in [0.4, 0.5) is 19.3 Å². The number of nitrogens with one attached hydrogen (secondary N) is 2. The molecule has 1 aromatic heterocycles. The zero-order valence-electron chi connectivity index (χ0n) is 12.6. The molecule has 130 valence electrons. The van der Waals surface area contributed by atoms with Crippen molar-refractivity contribution in [1.29, 1.82) is 0 Å². The highest BCUT2D eigenvalue weighted by molar-refractivity contribution is 7.18. The SMILES string of the molecule is O=C(NCc1nc2ccccc2s1)Nc1ccc(OC(F)F)c(Cl)c1. The van der Waals surface area contributed by atoms with Gasteiger partial charge in [-0.1, -0.05) is 23.7 Å². The van der Waals surface area contributed by atoms with Gasteiger partial charge < -0.3 is 15.4 Å². The first-order valence-electron chi connectivity index (χ1n) is 7.15. The van der Waals surface area contributed by atoms with Gasteiger partial charge in [0.1, 0.15) is 10.8 Å². The van der Waals surface area contributed by atoms with E-state index >= 15 is 0 Å². The summed E-state index contributed by atoms with van der Waals surface area (Å²) < 4.78 is 29.6. The van der Waals surface area contributed by atoms with Gasteiger partial charge in [0.25, 0.3) is 0 Å². The lowest BCUT2D eigenvalue weighted by Crippen LogP contribution is -2.28. The Bertz CT molecular complexity index is 871. The van der Waals surface area contributed by atoms with Crippen LogP contribution in [-0.2, 0) is 6.54 Å². The van der Waals surface area contributed by atoms with Crippen LogP contribution in [0.15, 0.2) is 42.5 Å². The number of rotatable bonds is 5. The monoisotopic (exact) mass is 383 g/mol. The lowest BCUT2D eigenvalue weighted by molar-refractivity contribution is -0.0497. The zero-order chi connectivity index (χ0) is 17.8. The molecule has 0 atom stereocenters. The summed E-state index contributed by atoms with van der Waals surface area (Å²) in [6, 6.07) is 11.2. The molecular weight excluding hydrogens is 372 g/mol. The van der Waals surface area contributed by atoms with Crippen LogP contribution in [0.5, 0.6) is 5.75 Å². The third-order valence-electron chi connectivity index (χ3n) is 3.14.